The summed E-state index contributed by atoms with van der Waals surface area (Å²) < 4.78 is 0. The normalized spacial score (nSPS) is 10.6. The zero-order chi connectivity index (χ0) is 12.6. The summed E-state index contributed by atoms with van der Waals surface area (Å²) in [6, 6.07) is 0. The molecule has 2 N–H and O–H groups in total. The second-order valence-corrected chi connectivity index (χ2v) is 4.73. The van der Waals surface area contributed by atoms with Crippen LogP contribution in [0.2, 0.25) is 0 Å². The van der Waals surface area contributed by atoms with Crippen LogP contribution in [0.5, 0.6) is 0 Å². The highest BCUT2D eigenvalue weighted by molar-refractivity contribution is 5.78. The smallest absolute Gasteiger partial charge is 0.222 e. The average Bonchev–Trinajstić information content (AvgIpc) is 2.20. The van der Waals surface area contributed by atoms with Gasteiger partial charge in [-0.1, -0.05) is 27.7 Å². The van der Waals surface area contributed by atoms with Crippen LogP contribution < -0.4 is 10.6 Å². The van der Waals surface area contributed by atoms with E-state index in [1.807, 2.05) is 13.8 Å². The van der Waals surface area contributed by atoms with Crippen LogP contribution in [0.1, 0.15) is 40.5 Å². The molecule has 0 radical (unpaired) electrons. The lowest BCUT2D eigenvalue weighted by molar-refractivity contribution is -0.124. The lowest BCUT2D eigenvalue weighted by atomic mass is 10.1. The van der Waals surface area contributed by atoms with Gasteiger partial charge >= 0.3 is 0 Å². The van der Waals surface area contributed by atoms with Crippen molar-refractivity contribution in [2.75, 3.05) is 13.1 Å². The van der Waals surface area contributed by atoms with Gasteiger partial charge in [-0.15, -0.1) is 0 Å². The highest BCUT2D eigenvalue weighted by atomic mass is 16.2. The van der Waals surface area contributed by atoms with E-state index in [4.69, 9.17) is 0 Å². The zero-order valence-electron chi connectivity index (χ0n) is 10.8. The van der Waals surface area contributed by atoms with E-state index < -0.39 is 0 Å². The van der Waals surface area contributed by atoms with Gasteiger partial charge in [-0.2, -0.15) is 0 Å². The minimum absolute atomic E-state index is 0.00311. The van der Waals surface area contributed by atoms with E-state index in [1.165, 1.54) is 0 Å². The first-order valence-corrected chi connectivity index (χ1v) is 5.98. The van der Waals surface area contributed by atoms with Gasteiger partial charge in [0.05, 0.1) is 0 Å². The number of amides is 2. The van der Waals surface area contributed by atoms with Crippen LogP contribution in [0.25, 0.3) is 0 Å². The first kappa shape index (κ1) is 14.9. The largest absolute Gasteiger partial charge is 0.354 e. The fourth-order valence-corrected chi connectivity index (χ4v) is 1.10. The summed E-state index contributed by atoms with van der Waals surface area (Å²) in [7, 11) is 0. The second-order valence-electron chi connectivity index (χ2n) is 4.73. The van der Waals surface area contributed by atoms with Crippen molar-refractivity contribution in [3.63, 3.8) is 0 Å². The number of rotatable bonds is 7. The predicted molar refractivity (Wildman–Crippen MR) is 64.9 cm³/mol. The van der Waals surface area contributed by atoms with Gasteiger partial charge < -0.3 is 10.6 Å². The molecular weight excluding hydrogens is 204 g/mol. The Hall–Kier alpha value is -1.06. The number of hydrogen-bond acceptors (Lipinski definition) is 2. The van der Waals surface area contributed by atoms with Crippen LogP contribution in [0, 0.1) is 11.8 Å². The molecule has 0 spiro atoms. The van der Waals surface area contributed by atoms with Crippen molar-refractivity contribution in [1.29, 1.82) is 0 Å². The van der Waals surface area contributed by atoms with Gasteiger partial charge in [-0.3, -0.25) is 9.59 Å². The molecule has 0 unspecified atom stereocenters. The van der Waals surface area contributed by atoms with Crippen LogP contribution in [-0.4, -0.2) is 24.9 Å². The fraction of sp³-hybridized carbons (Fsp3) is 0.833. The fourth-order valence-electron chi connectivity index (χ4n) is 1.10. The molecule has 4 heteroatoms. The SMILES string of the molecule is CC(C)CCC(=O)NCCNC(=O)C(C)C. The summed E-state index contributed by atoms with van der Waals surface area (Å²) in [5.74, 6) is 0.631. The summed E-state index contributed by atoms with van der Waals surface area (Å²) >= 11 is 0. The van der Waals surface area contributed by atoms with Crippen molar-refractivity contribution in [1.82, 2.24) is 10.6 Å². The Bertz CT molecular complexity index is 225. The molecule has 0 rings (SSSR count). The van der Waals surface area contributed by atoms with Crippen LogP contribution in [0.15, 0.2) is 0 Å². The Kier molecular flexibility index (Phi) is 7.60. The van der Waals surface area contributed by atoms with Gasteiger partial charge in [0.15, 0.2) is 0 Å². The maximum atomic E-state index is 11.3. The van der Waals surface area contributed by atoms with E-state index in [0.29, 0.717) is 25.4 Å². The molecular formula is C12H24N2O2. The average molecular weight is 228 g/mol. The van der Waals surface area contributed by atoms with Crippen LogP contribution in [0.3, 0.4) is 0 Å². The third kappa shape index (κ3) is 8.26. The molecule has 0 bridgehead atoms. The number of nitrogens with one attached hydrogen (secondary N) is 2. The van der Waals surface area contributed by atoms with Crippen molar-refractivity contribution in [2.45, 2.75) is 40.5 Å². The highest BCUT2D eigenvalue weighted by Gasteiger charge is 2.06. The molecule has 16 heavy (non-hydrogen) atoms. The molecule has 0 atom stereocenters. The van der Waals surface area contributed by atoms with E-state index in [2.05, 4.69) is 24.5 Å². The Balaban J connectivity index is 3.45. The maximum absolute atomic E-state index is 11.3. The number of hydrogen-bond donors (Lipinski definition) is 2. The molecule has 0 aliphatic carbocycles. The maximum Gasteiger partial charge on any atom is 0.222 e. The minimum atomic E-state index is -0.00311. The molecule has 0 aliphatic rings. The van der Waals surface area contributed by atoms with E-state index in [9.17, 15) is 9.59 Å². The number of carbonyl (C=O) groups excluding carboxylic acids is 2. The Morgan fingerprint density at radius 2 is 1.56 bits per heavy atom. The van der Waals surface area contributed by atoms with E-state index in [0.717, 1.165) is 6.42 Å². The topological polar surface area (TPSA) is 58.2 Å². The van der Waals surface area contributed by atoms with Crippen LogP contribution in [-0.2, 0) is 9.59 Å². The van der Waals surface area contributed by atoms with Crippen molar-refractivity contribution in [2.24, 2.45) is 11.8 Å². The molecule has 94 valence electrons. The lowest BCUT2D eigenvalue weighted by Crippen LogP contribution is -2.36. The third-order valence-electron chi connectivity index (χ3n) is 2.22. The van der Waals surface area contributed by atoms with Crippen molar-refractivity contribution in [3.05, 3.63) is 0 Å². The van der Waals surface area contributed by atoms with Crippen LogP contribution in [0.4, 0.5) is 0 Å². The van der Waals surface area contributed by atoms with Crippen molar-refractivity contribution in [3.8, 4) is 0 Å². The second kappa shape index (κ2) is 8.13. The molecule has 0 aromatic carbocycles. The standard InChI is InChI=1S/C12H24N2O2/c1-9(2)5-6-11(15)13-7-8-14-12(16)10(3)4/h9-10H,5-8H2,1-4H3,(H,13,15)(H,14,16). The number of carbonyl (C=O) groups is 2. The van der Waals surface area contributed by atoms with Gasteiger partial charge in [0.25, 0.3) is 0 Å². The molecule has 0 aromatic heterocycles. The van der Waals surface area contributed by atoms with E-state index in [-0.39, 0.29) is 17.7 Å². The van der Waals surface area contributed by atoms with Gasteiger partial charge in [0, 0.05) is 25.4 Å². The minimum Gasteiger partial charge on any atom is -0.354 e. The zero-order valence-corrected chi connectivity index (χ0v) is 10.8. The van der Waals surface area contributed by atoms with Crippen molar-refractivity contribution >= 4 is 11.8 Å². The molecule has 0 fully saturated rings. The molecule has 0 aromatic rings. The van der Waals surface area contributed by atoms with E-state index >= 15 is 0 Å². The first-order valence-electron chi connectivity index (χ1n) is 5.98. The molecule has 0 saturated carbocycles. The molecule has 2 amide bonds. The Labute approximate surface area is 98.2 Å². The highest BCUT2D eigenvalue weighted by Crippen LogP contribution is 2.02. The van der Waals surface area contributed by atoms with Gasteiger partial charge in [0.1, 0.15) is 0 Å². The van der Waals surface area contributed by atoms with Crippen LogP contribution >= 0.6 is 0 Å². The van der Waals surface area contributed by atoms with Crippen molar-refractivity contribution < 1.29 is 9.59 Å². The summed E-state index contributed by atoms with van der Waals surface area (Å²) in [4.78, 5) is 22.5. The monoisotopic (exact) mass is 228 g/mol. The predicted octanol–water partition coefficient (Wildman–Crippen LogP) is 1.31. The summed E-state index contributed by atoms with van der Waals surface area (Å²) in [5, 5.41) is 5.53. The molecule has 4 nitrogen and oxygen atoms in total. The van der Waals surface area contributed by atoms with E-state index in [1.54, 1.807) is 0 Å². The quantitative estimate of drug-likeness (QED) is 0.645. The molecule has 0 saturated heterocycles. The Morgan fingerprint density at radius 3 is 2.06 bits per heavy atom. The summed E-state index contributed by atoms with van der Waals surface area (Å²) in [6.07, 6.45) is 1.47. The van der Waals surface area contributed by atoms with Gasteiger partial charge in [-0.25, -0.2) is 0 Å². The molecule has 0 aliphatic heterocycles. The first-order chi connectivity index (χ1) is 7.43. The Morgan fingerprint density at radius 1 is 1.00 bits per heavy atom. The van der Waals surface area contributed by atoms with Gasteiger partial charge in [0.2, 0.25) is 11.8 Å². The van der Waals surface area contributed by atoms with Gasteiger partial charge in [-0.05, 0) is 12.3 Å². The lowest BCUT2D eigenvalue weighted by Gasteiger charge is -2.09. The third-order valence-corrected chi connectivity index (χ3v) is 2.22. The summed E-state index contributed by atoms with van der Waals surface area (Å²) in [6.45, 7) is 8.89. The molecule has 0 heterocycles. The summed E-state index contributed by atoms with van der Waals surface area (Å²) in [5.41, 5.74) is 0.